The minimum absolute atomic E-state index is 0.0632. The predicted octanol–water partition coefficient (Wildman–Crippen LogP) is 2.29. The number of nitrogens with zero attached hydrogens (tertiary/aromatic N) is 3. The van der Waals surface area contributed by atoms with Crippen LogP contribution in [0, 0.1) is 5.92 Å². The molecule has 2 atom stereocenters. The van der Waals surface area contributed by atoms with Gasteiger partial charge in [0, 0.05) is 45.6 Å². The van der Waals surface area contributed by atoms with Crippen LogP contribution >= 0.6 is 0 Å². The summed E-state index contributed by atoms with van der Waals surface area (Å²) in [5.74, 6) is -0.895. The summed E-state index contributed by atoms with van der Waals surface area (Å²) >= 11 is 0. The minimum atomic E-state index is -0.941. The second kappa shape index (κ2) is 12.3. The average Bonchev–Trinajstić information content (AvgIpc) is 3.34. The normalized spacial score (nSPS) is 21.7. The first kappa shape index (κ1) is 26.1. The molecule has 3 aliphatic rings. The highest BCUT2D eigenvalue weighted by Crippen LogP contribution is 2.30. The molecule has 2 aliphatic heterocycles. The Balaban J connectivity index is 1.25. The fraction of sp³-hybridized carbons (Fsp3) is 0.630. The first-order valence-electron chi connectivity index (χ1n) is 13.2. The van der Waals surface area contributed by atoms with Crippen molar-refractivity contribution in [3.05, 3.63) is 35.9 Å². The molecule has 36 heavy (non-hydrogen) atoms. The second-order valence-corrected chi connectivity index (χ2v) is 10.2. The molecular weight excluding hydrogens is 462 g/mol. The average molecular weight is 500 g/mol. The maximum absolute atomic E-state index is 13.1. The van der Waals surface area contributed by atoms with E-state index in [2.05, 4.69) is 4.90 Å². The topological polar surface area (TPSA) is 107 Å². The molecule has 0 spiro atoms. The summed E-state index contributed by atoms with van der Waals surface area (Å²) in [5.41, 5.74) is 0.913. The molecule has 1 aromatic rings. The van der Waals surface area contributed by atoms with Gasteiger partial charge in [-0.05, 0) is 50.0 Å². The van der Waals surface area contributed by atoms with Gasteiger partial charge in [0.2, 0.25) is 11.8 Å². The maximum Gasteiger partial charge on any atom is 0.329 e. The van der Waals surface area contributed by atoms with Crippen molar-refractivity contribution in [2.24, 2.45) is 5.92 Å². The van der Waals surface area contributed by atoms with Gasteiger partial charge in [-0.15, -0.1) is 0 Å². The number of aliphatic carboxylic acids is 1. The van der Waals surface area contributed by atoms with Gasteiger partial charge in [0.25, 0.3) is 0 Å². The van der Waals surface area contributed by atoms with E-state index in [1.54, 1.807) is 4.90 Å². The third-order valence-electron chi connectivity index (χ3n) is 7.42. The molecule has 9 nitrogen and oxygen atoms in total. The summed E-state index contributed by atoms with van der Waals surface area (Å²) in [6.45, 7) is 3.11. The highest BCUT2D eigenvalue weighted by Gasteiger charge is 2.36. The van der Waals surface area contributed by atoms with Crippen LogP contribution < -0.4 is 0 Å². The van der Waals surface area contributed by atoms with Gasteiger partial charge in [-0.1, -0.05) is 30.3 Å². The van der Waals surface area contributed by atoms with Crippen LogP contribution in [0.1, 0.15) is 56.9 Å². The smallest absolute Gasteiger partial charge is 0.329 e. The molecule has 9 heteroatoms. The third-order valence-corrected chi connectivity index (χ3v) is 7.42. The van der Waals surface area contributed by atoms with E-state index in [1.807, 2.05) is 30.3 Å². The SMILES string of the molecule is O=C(O)[C@H]1CCCN1C(=O)CCN(CCC(=O)N1CCC[C@@H]1C(=O)OCc1ccccc1)CC1CC1. The van der Waals surface area contributed by atoms with Crippen molar-refractivity contribution in [2.45, 2.75) is 70.1 Å². The van der Waals surface area contributed by atoms with Gasteiger partial charge in [0.15, 0.2) is 0 Å². The fourth-order valence-corrected chi connectivity index (χ4v) is 5.21. The van der Waals surface area contributed by atoms with E-state index in [4.69, 9.17) is 4.74 Å². The van der Waals surface area contributed by atoms with Crippen LogP contribution in [0.15, 0.2) is 30.3 Å². The van der Waals surface area contributed by atoms with E-state index >= 15 is 0 Å². The highest BCUT2D eigenvalue weighted by atomic mass is 16.5. The molecule has 1 aromatic carbocycles. The van der Waals surface area contributed by atoms with Crippen molar-refractivity contribution >= 4 is 23.8 Å². The van der Waals surface area contributed by atoms with Gasteiger partial charge >= 0.3 is 11.9 Å². The zero-order chi connectivity index (χ0) is 25.5. The van der Waals surface area contributed by atoms with Crippen LogP contribution in [-0.2, 0) is 30.5 Å². The summed E-state index contributed by atoms with van der Waals surface area (Å²) < 4.78 is 5.49. The quantitative estimate of drug-likeness (QED) is 0.440. The molecule has 1 aliphatic carbocycles. The van der Waals surface area contributed by atoms with E-state index in [-0.39, 0.29) is 37.2 Å². The Labute approximate surface area is 212 Å². The molecule has 0 bridgehead atoms. The monoisotopic (exact) mass is 499 g/mol. The summed E-state index contributed by atoms with van der Waals surface area (Å²) in [5, 5.41) is 9.36. The molecule has 196 valence electrons. The van der Waals surface area contributed by atoms with Gasteiger partial charge < -0.3 is 24.5 Å². The number of carboxylic acids is 1. The first-order chi connectivity index (χ1) is 17.4. The van der Waals surface area contributed by atoms with Crippen LogP contribution in [-0.4, -0.2) is 88.4 Å². The Bertz CT molecular complexity index is 935. The number of benzene rings is 1. The maximum atomic E-state index is 13.1. The number of esters is 1. The van der Waals surface area contributed by atoms with Crippen molar-refractivity contribution in [3.63, 3.8) is 0 Å². The van der Waals surface area contributed by atoms with Crippen molar-refractivity contribution < 1.29 is 29.0 Å². The molecule has 4 rings (SSSR count). The van der Waals surface area contributed by atoms with Gasteiger partial charge in [0.1, 0.15) is 18.7 Å². The number of hydrogen-bond donors (Lipinski definition) is 1. The fourth-order valence-electron chi connectivity index (χ4n) is 5.21. The summed E-state index contributed by atoms with van der Waals surface area (Å²) in [6.07, 6.45) is 5.46. The number of carbonyl (C=O) groups is 4. The molecule has 3 fully saturated rings. The lowest BCUT2D eigenvalue weighted by molar-refractivity contribution is -0.154. The zero-order valence-corrected chi connectivity index (χ0v) is 20.8. The number of ether oxygens (including phenoxy) is 1. The molecule has 0 radical (unpaired) electrons. The summed E-state index contributed by atoms with van der Waals surface area (Å²) in [7, 11) is 0. The van der Waals surface area contributed by atoms with Gasteiger partial charge in [-0.2, -0.15) is 0 Å². The molecule has 2 amide bonds. The number of likely N-dealkylation sites (tertiary alicyclic amines) is 2. The Kier molecular flexibility index (Phi) is 8.96. The van der Waals surface area contributed by atoms with E-state index in [1.165, 1.54) is 4.90 Å². The van der Waals surface area contributed by atoms with Crippen LogP contribution in [0.4, 0.5) is 0 Å². The predicted molar refractivity (Wildman–Crippen MR) is 132 cm³/mol. The number of hydrogen-bond acceptors (Lipinski definition) is 6. The van der Waals surface area contributed by atoms with Crippen molar-refractivity contribution in [3.8, 4) is 0 Å². The van der Waals surface area contributed by atoms with Gasteiger partial charge in [-0.3, -0.25) is 9.59 Å². The minimum Gasteiger partial charge on any atom is -0.480 e. The van der Waals surface area contributed by atoms with Crippen LogP contribution in [0.2, 0.25) is 0 Å². The van der Waals surface area contributed by atoms with Crippen LogP contribution in [0.25, 0.3) is 0 Å². The molecule has 2 saturated heterocycles. The third kappa shape index (κ3) is 7.06. The largest absolute Gasteiger partial charge is 0.480 e. The van der Waals surface area contributed by atoms with E-state index in [0.29, 0.717) is 51.4 Å². The van der Waals surface area contributed by atoms with Crippen molar-refractivity contribution in [2.75, 3.05) is 32.7 Å². The van der Waals surface area contributed by atoms with E-state index in [0.717, 1.165) is 31.4 Å². The van der Waals surface area contributed by atoms with Crippen LogP contribution in [0.5, 0.6) is 0 Å². The molecule has 0 unspecified atom stereocenters. The first-order valence-corrected chi connectivity index (χ1v) is 13.2. The molecule has 2 heterocycles. The lowest BCUT2D eigenvalue weighted by atomic mass is 10.2. The number of carboxylic acid groups (broad SMARTS) is 1. The van der Waals surface area contributed by atoms with Gasteiger partial charge in [0.05, 0.1) is 0 Å². The molecule has 1 N–H and O–H groups in total. The van der Waals surface area contributed by atoms with Crippen molar-refractivity contribution in [1.29, 1.82) is 0 Å². The summed E-state index contributed by atoms with van der Waals surface area (Å²) in [6, 6.07) is 8.23. The van der Waals surface area contributed by atoms with Crippen molar-refractivity contribution in [1.82, 2.24) is 14.7 Å². The standard InChI is InChI=1S/C27H37N3O6/c31-24(29-14-4-8-22(29)26(33)34)12-16-28(18-20-10-11-20)17-13-25(32)30-15-5-9-23(30)27(35)36-19-21-6-2-1-3-7-21/h1-3,6-7,20,22-23H,4-5,8-19H2,(H,33,34)/t22-,23-/m1/s1. The Morgan fingerprint density at radius 1 is 0.861 bits per heavy atom. The molecular formula is C27H37N3O6. The molecule has 0 aromatic heterocycles. The Morgan fingerprint density at radius 3 is 2.03 bits per heavy atom. The summed E-state index contributed by atoms with van der Waals surface area (Å²) in [4.78, 5) is 55.2. The van der Waals surface area contributed by atoms with E-state index in [9.17, 15) is 24.3 Å². The lowest BCUT2D eigenvalue weighted by Crippen LogP contribution is -2.43. The molecule has 1 saturated carbocycles. The Morgan fingerprint density at radius 2 is 1.44 bits per heavy atom. The van der Waals surface area contributed by atoms with Crippen LogP contribution in [0.3, 0.4) is 0 Å². The lowest BCUT2D eigenvalue weighted by Gasteiger charge is -2.27. The number of carbonyl (C=O) groups excluding carboxylic acids is 3. The number of rotatable bonds is 12. The zero-order valence-electron chi connectivity index (χ0n) is 20.8. The number of amides is 2. The van der Waals surface area contributed by atoms with E-state index < -0.39 is 18.1 Å². The Hall–Kier alpha value is -2.94. The second-order valence-electron chi connectivity index (χ2n) is 10.2. The van der Waals surface area contributed by atoms with Gasteiger partial charge in [-0.25, -0.2) is 9.59 Å². The highest BCUT2D eigenvalue weighted by molar-refractivity contribution is 5.85.